The van der Waals surface area contributed by atoms with Crippen molar-refractivity contribution in [1.82, 2.24) is 0 Å². The molecule has 2 aromatic carbocycles. The molecule has 3 nitrogen and oxygen atoms in total. The van der Waals surface area contributed by atoms with E-state index in [1.807, 2.05) is 24.3 Å². The van der Waals surface area contributed by atoms with E-state index in [4.69, 9.17) is 0 Å². The van der Waals surface area contributed by atoms with Gasteiger partial charge in [0, 0.05) is 5.56 Å². The topological polar surface area (TPSA) is 46.5 Å². The van der Waals surface area contributed by atoms with Crippen molar-refractivity contribution < 1.29 is 14.6 Å². The van der Waals surface area contributed by atoms with E-state index < -0.39 is 0 Å². The summed E-state index contributed by atoms with van der Waals surface area (Å²) in [6.07, 6.45) is 12.0. The molecule has 156 valence electrons. The SMILES string of the molecule is COC(=O)C/C=C/c1ccc(-c2ccc(O)c(C34CC5CC(CC(C5)C3)C4)c2)cc1. The summed E-state index contributed by atoms with van der Waals surface area (Å²) < 4.78 is 4.66. The summed E-state index contributed by atoms with van der Waals surface area (Å²) in [5, 5.41) is 10.8. The van der Waals surface area contributed by atoms with Crippen molar-refractivity contribution in [2.75, 3.05) is 7.11 Å². The molecule has 4 aliphatic rings. The molecule has 30 heavy (non-hydrogen) atoms. The molecule has 0 heterocycles. The zero-order valence-corrected chi connectivity index (χ0v) is 17.6. The number of ether oxygens (including phenoxy) is 1. The van der Waals surface area contributed by atoms with Gasteiger partial charge < -0.3 is 9.84 Å². The van der Waals surface area contributed by atoms with Gasteiger partial charge in [0.15, 0.2) is 0 Å². The second-order valence-corrected chi connectivity index (χ2v) is 9.73. The zero-order chi connectivity index (χ0) is 20.7. The van der Waals surface area contributed by atoms with Crippen molar-refractivity contribution in [2.45, 2.75) is 50.4 Å². The molecule has 0 radical (unpaired) electrons. The summed E-state index contributed by atoms with van der Waals surface area (Å²) in [4.78, 5) is 11.2. The molecule has 6 rings (SSSR count). The molecular formula is C27H30O3. The predicted molar refractivity (Wildman–Crippen MR) is 119 cm³/mol. The van der Waals surface area contributed by atoms with E-state index in [2.05, 4.69) is 35.1 Å². The Morgan fingerprint density at radius 3 is 2.20 bits per heavy atom. The van der Waals surface area contributed by atoms with Crippen molar-refractivity contribution in [2.24, 2.45) is 17.8 Å². The van der Waals surface area contributed by atoms with Gasteiger partial charge in [-0.25, -0.2) is 0 Å². The second-order valence-electron chi connectivity index (χ2n) is 9.73. The maximum atomic E-state index is 11.2. The Labute approximate surface area is 178 Å². The van der Waals surface area contributed by atoms with Gasteiger partial charge in [0.05, 0.1) is 13.5 Å². The van der Waals surface area contributed by atoms with Crippen molar-refractivity contribution in [1.29, 1.82) is 0 Å². The number of phenols is 1. The van der Waals surface area contributed by atoms with Crippen molar-refractivity contribution >= 4 is 12.0 Å². The fraction of sp³-hybridized carbons (Fsp3) is 0.444. The van der Waals surface area contributed by atoms with Crippen molar-refractivity contribution in [3.8, 4) is 16.9 Å². The van der Waals surface area contributed by atoms with E-state index in [0.717, 1.165) is 28.9 Å². The van der Waals surface area contributed by atoms with Crippen LogP contribution in [0.5, 0.6) is 5.75 Å². The number of phenolic OH excluding ortho intramolecular Hbond substituents is 1. The van der Waals surface area contributed by atoms with Crippen LogP contribution in [0.25, 0.3) is 17.2 Å². The van der Waals surface area contributed by atoms with Crippen LogP contribution in [0.15, 0.2) is 48.5 Å². The summed E-state index contributed by atoms with van der Waals surface area (Å²) in [6.45, 7) is 0. The van der Waals surface area contributed by atoms with Crippen LogP contribution in [0.2, 0.25) is 0 Å². The Bertz CT molecular complexity index is 935. The van der Waals surface area contributed by atoms with Crippen LogP contribution in [0.3, 0.4) is 0 Å². The number of hydrogen-bond donors (Lipinski definition) is 1. The Balaban J connectivity index is 1.40. The molecule has 4 bridgehead atoms. The van der Waals surface area contributed by atoms with Crippen LogP contribution in [0.1, 0.15) is 56.1 Å². The lowest BCUT2D eigenvalue weighted by Gasteiger charge is -2.57. The standard InChI is InChI=1S/C27H30O3/c1-30-26(29)4-2-3-18-5-7-22(8-6-18)23-9-10-25(28)24(14-23)27-15-19-11-20(16-27)13-21(12-19)17-27/h2-3,5-10,14,19-21,28H,4,11-13,15-17H2,1H3/b3-2+. The normalized spacial score (nSPS) is 29.4. The Morgan fingerprint density at radius 2 is 1.60 bits per heavy atom. The molecule has 0 aromatic heterocycles. The van der Waals surface area contributed by atoms with Gasteiger partial charge in [-0.1, -0.05) is 42.5 Å². The smallest absolute Gasteiger partial charge is 0.309 e. The number of benzene rings is 2. The van der Waals surface area contributed by atoms with Gasteiger partial charge in [0.25, 0.3) is 0 Å². The maximum absolute atomic E-state index is 11.2. The van der Waals surface area contributed by atoms with E-state index in [1.54, 1.807) is 0 Å². The first kappa shape index (κ1) is 19.4. The van der Waals surface area contributed by atoms with Gasteiger partial charge in [0.1, 0.15) is 5.75 Å². The first-order valence-electron chi connectivity index (χ1n) is 11.2. The molecule has 0 saturated heterocycles. The molecule has 4 saturated carbocycles. The monoisotopic (exact) mass is 402 g/mol. The molecule has 4 aliphatic carbocycles. The van der Waals surface area contributed by atoms with Gasteiger partial charge in [-0.3, -0.25) is 4.79 Å². The molecule has 0 amide bonds. The first-order chi connectivity index (χ1) is 14.5. The highest BCUT2D eigenvalue weighted by Crippen LogP contribution is 2.62. The summed E-state index contributed by atoms with van der Waals surface area (Å²) in [5.41, 5.74) is 4.75. The van der Waals surface area contributed by atoms with Gasteiger partial charge in [-0.15, -0.1) is 0 Å². The fourth-order valence-corrected chi connectivity index (χ4v) is 6.74. The predicted octanol–water partition coefficient (Wildman–Crippen LogP) is 6.10. The average Bonchev–Trinajstić information content (AvgIpc) is 2.73. The lowest BCUT2D eigenvalue weighted by molar-refractivity contribution is -0.139. The van der Waals surface area contributed by atoms with Gasteiger partial charge >= 0.3 is 5.97 Å². The highest BCUT2D eigenvalue weighted by molar-refractivity contribution is 5.73. The lowest BCUT2D eigenvalue weighted by Crippen LogP contribution is -2.48. The van der Waals surface area contributed by atoms with E-state index in [9.17, 15) is 9.90 Å². The van der Waals surface area contributed by atoms with Gasteiger partial charge in [-0.05, 0) is 90.5 Å². The number of esters is 1. The molecule has 0 aliphatic heterocycles. The van der Waals surface area contributed by atoms with E-state index in [0.29, 0.717) is 5.75 Å². The molecule has 4 fully saturated rings. The van der Waals surface area contributed by atoms with Gasteiger partial charge in [0.2, 0.25) is 0 Å². The third-order valence-electron chi connectivity index (χ3n) is 7.67. The van der Waals surface area contributed by atoms with Crippen LogP contribution in [-0.4, -0.2) is 18.2 Å². The summed E-state index contributed by atoms with van der Waals surface area (Å²) in [7, 11) is 1.40. The second kappa shape index (κ2) is 7.61. The number of carbonyl (C=O) groups is 1. The molecule has 0 atom stereocenters. The number of carbonyl (C=O) groups excluding carboxylic acids is 1. The first-order valence-corrected chi connectivity index (χ1v) is 11.2. The van der Waals surface area contributed by atoms with E-state index in [1.165, 1.54) is 56.8 Å². The summed E-state index contributed by atoms with van der Waals surface area (Å²) >= 11 is 0. The minimum Gasteiger partial charge on any atom is -0.508 e. The highest BCUT2D eigenvalue weighted by Gasteiger charge is 2.52. The lowest BCUT2D eigenvalue weighted by atomic mass is 9.48. The summed E-state index contributed by atoms with van der Waals surface area (Å²) in [5.74, 6) is 2.81. The minimum atomic E-state index is -0.232. The van der Waals surface area contributed by atoms with Crippen LogP contribution < -0.4 is 0 Å². The molecule has 3 heteroatoms. The van der Waals surface area contributed by atoms with Crippen LogP contribution in [0.4, 0.5) is 0 Å². The number of hydrogen-bond acceptors (Lipinski definition) is 3. The maximum Gasteiger partial charge on any atom is 0.309 e. The molecule has 0 unspecified atom stereocenters. The third-order valence-corrected chi connectivity index (χ3v) is 7.67. The van der Waals surface area contributed by atoms with Crippen molar-refractivity contribution in [3.63, 3.8) is 0 Å². The summed E-state index contributed by atoms with van der Waals surface area (Å²) in [6, 6.07) is 14.6. The Kier molecular flexibility index (Phi) is 4.92. The molecular weight excluding hydrogens is 372 g/mol. The number of aromatic hydroxyl groups is 1. The average molecular weight is 403 g/mol. The van der Waals surface area contributed by atoms with Crippen LogP contribution in [0, 0.1) is 17.8 Å². The minimum absolute atomic E-state index is 0.186. The molecule has 0 spiro atoms. The Hall–Kier alpha value is -2.55. The zero-order valence-electron chi connectivity index (χ0n) is 17.6. The van der Waals surface area contributed by atoms with Gasteiger partial charge in [-0.2, -0.15) is 0 Å². The molecule has 1 N–H and O–H groups in total. The highest BCUT2D eigenvalue weighted by atomic mass is 16.5. The van der Waals surface area contributed by atoms with Crippen LogP contribution >= 0.6 is 0 Å². The van der Waals surface area contributed by atoms with E-state index >= 15 is 0 Å². The molecule has 2 aromatic rings. The number of methoxy groups -OCH3 is 1. The van der Waals surface area contributed by atoms with Crippen LogP contribution in [-0.2, 0) is 14.9 Å². The fourth-order valence-electron chi connectivity index (χ4n) is 6.74. The quantitative estimate of drug-likeness (QED) is 0.614. The Morgan fingerprint density at radius 1 is 1.00 bits per heavy atom. The number of rotatable bonds is 5. The van der Waals surface area contributed by atoms with E-state index in [-0.39, 0.29) is 17.8 Å². The third kappa shape index (κ3) is 3.55. The van der Waals surface area contributed by atoms with Crippen molar-refractivity contribution in [3.05, 3.63) is 59.7 Å². The largest absolute Gasteiger partial charge is 0.508 e.